The summed E-state index contributed by atoms with van der Waals surface area (Å²) in [6.45, 7) is -0.614. The molecule has 18 heavy (non-hydrogen) atoms. The van der Waals surface area contributed by atoms with Gasteiger partial charge in [-0.15, -0.1) is 0 Å². The highest BCUT2D eigenvalue weighted by Gasteiger charge is 2.34. The number of halogens is 3. The van der Waals surface area contributed by atoms with Crippen LogP contribution in [0.2, 0.25) is 0 Å². The molecule has 0 amide bonds. The molecule has 1 aromatic rings. The van der Waals surface area contributed by atoms with Crippen LogP contribution in [0.4, 0.5) is 0 Å². The van der Waals surface area contributed by atoms with Gasteiger partial charge >= 0.3 is 7.60 Å². The molecule has 0 aliphatic carbocycles. The maximum Gasteiger partial charge on any atom is 0.381 e. The SMILES string of the molecule is O=P(O)(OCC(Cl)(Cl)Cl)/C(=N/O)c1ccccc1. The molecule has 0 aromatic heterocycles. The number of hydrogen-bond acceptors (Lipinski definition) is 4. The molecule has 1 aromatic carbocycles. The van der Waals surface area contributed by atoms with Gasteiger partial charge in [-0.1, -0.05) is 70.3 Å². The number of alkyl halides is 3. The lowest BCUT2D eigenvalue weighted by Gasteiger charge is -2.16. The van der Waals surface area contributed by atoms with E-state index in [2.05, 4.69) is 9.68 Å². The zero-order valence-electron chi connectivity index (χ0n) is 8.83. The normalized spacial score (nSPS) is 16.3. The predicted octanol–water partition coefficient (Wildman–Crippen LogP) is 3.39. The summed E-state index contributed by atoms with van der Waals surface area (Å²) in [6, 6.07) is 7.88. The highest BCUT2D eigenvalue weighted by atomic mass is 35.6. The van der Waals surface area contributed by atoms with Gasteiger partial charge in [0.15, 0.2) is 5.45 Å². The van der Waals surface area contributed by atoms with Crippen LogP contribution in [0.5, 0.6) is 0 Å². The first-order valence-corrected chi connectivity index (χ1v) is 7.29. The molecule has 0 aliphatic rings. The third-order valence-corrected chi connectivity index (χ3v) is 3.49. The van der Waals surface area contributed by atoms with Crippen LogP contribution >= 0.6 is 42.4 Å². The molecule has 0 saturated heterocycles. The lowest BCUT2D eigenvalue weighted by molar-refractivity contribution is 0.273. The average Bonchev–Trinajstić information content (AvgIpc) is 2.28. The van der Waals surface area contributed by atoms with Crippen molar-refractivity contribution in [2.45, 2.75) is 3.79 Å². The summed E-state index contributed by atoms with van der Waals surface area (Å²) in [4.78, 5) is 9.66. The molecule has 9 heteroatoms. The van der Waals surface area contributed by atoms with E-state index in [1.165, 1.54) is 12.1 Å². The fourth-order valence-electron chi connectivity index (χ4n) is 1.09. The van der Waals surface area contributed by atoms with Gasteiger partial charge in [-0.2, -0.15) is 0 Å². The maximum absolute atomic E-state index is 11.9. The van der Waals surface area contributed by atoms with Crippen molar-refractivity contribution >= 4 is 47.9 Å². The Hall–Kier alpha value is -0.290. The van der Waals surface area contributed by atoms with Crippen molar-refractivity contribution in [3.8, 4) is 0 Å². The van der Waals surface area contributed by atoms with Crippen LogP contribution < -0.4 is 0 Å². The van der Waals surface area contributed by atoms with Crippen molar-refractivity contribution in [2.75, 3.05) is 6.61 Å². The van der Waals surface area contributed by atoms with Gasteiger partial charge in [-0.05, 0) is 0 Å². The van der Waals surface area contributed by atoms with E-state index in [9.17, 15) is 9.46 Å². The van der Waals surface area contributed by atoms with Crippen LogP contribution in [-0.4, -0.2) is 26.0 Å². The molecule has 1 unspecified atom stereocenters. The molecule has 0 fully saturated rings. The Morgan fingerprint density at radius 2 is 1.89 bits per heavy atom. The highest BCUT2D eigenvalue weighted by Crippen LogP contribution is 2.48. The Labute approximate surface area is 118 Å². The summed E-state index contributed by atoms with van der Waals surface area (Å²) in [5.41, 5.74) is -0.285. The van der Waals surface area contributed by atoms with Crippen molar-refractivity contribution in [3.63, 3.8) is 0 Å². The summed E-state index contributed by atoms with van der Waals surface area (Å²) in [6.07, 6.45) is 0. The second-order valence-corrected chi connectivity index (χ2v) is 7.44. The van der Waals surface area contributed by atoms with E-state index in [-0.39, 0.29) is 5.56 Å². The highest BCUT2D eigenvalue weighted by molar-refractivity contribution is 7.72. The van der Waals surface area contributed by atoms with Crippen molar-refractivity contribution in [1.29, 1.82) is 0 Å². The number of rotatable bonds is 4. The second kappa shape index (κ2) is 6.24. The van der Waals surface area contributed by atoms with E-state index in [1.54, 1.807) is 18.2 Å². The standard InChI is InChI=1S/C9H9Cl3NO4P/c10-9(11,12)6-17-18(15,16)8(13-14)7-4-2-1-3-5-7/h1-5,14H,6H2,(H,15,16)/b13-8+. The molecular weight excluding hydrogens is 323 g/mol. The molecule has 0 saturated carbocycles. The Morgan fingerprint density at radius 3 is 2.33 bits per heavy atom. The molecule has 5 nitrogen and oxygen atoms in total. The average molecular weight is 333 g/mol. The van der Waals surface area contributed by atoms with E-state index < -0.39 is 23.4 Å². The van der Waals surface area contributed by atoms with Gasteiger partial charge in [0.2, 0.25) is 3.79 Å². The van der Waals surface area contributed by atoms with Gasteiger partial charge in [0, 0.05) is 5.56 Å². The number of hydrogen-bond donors (Lipinski definition) is 2. The molecule has 0 spiro atoms. The van der Waals surface area contributed by atoms with E-state index in [0.717, 1.165) is 0 Å². The first-order chi connectivity index (χ1) is 8.26. The third kappa shape index (κ3) is 4.76. The van der Waals surface area contributed by atoms with Gasteiger partial charge < -0.3 is 10.1 Å². The molecule has 2 N–H and O–H groups in total. The predicted molar refractivity (Wildman–Crippen MR) is 70.8 cm³/mol. The Bertz CT molecular complexity index is 474. The smallest absolute Gasteiger partial charge is 0.381 e. The largest absolute Gasteiger partial charge is 0.410 e. The molecule has 1 atom stereocenters. The number of benzene rings is 1. The number of oxime groups is 1. The topological polar surface area (TPSA) is 79.1 Å². The minimum Gasteiger partial charge on any atom is -0.410 e. The summed E-state index contributed by atoms with van der Waals surface area (Å²) in [5, 5.41) is 11.6. The van der Waals surface area contributed by atoms with Gasteiger partial charge in [-0.25, -0.2) is 0 Å². The lowest BCUT2D eigenvalue weighted by Crippen LogP contribution is -2.15. The minimum atomic E-state index is -4.37. The van der Waals surface area contributed by atoms with Crippen LogP contribution in [0.25, 0.3) is 0 Å². The summed E-state index contributed by atoms with van der Waals surface area (Å²) in [7, 11) is -4.37. The van der Waals surface area contributed by atoms with Crippen LogP contribution in [0.1, 0.15) is 5.56 Å². The monoisotopic (exact) mass is 331 g/mol. The van der Waals surface area contributed by atoms with Gasteiger partial charge in [-0.3, -0.25) is 9.09 Å². The molecule has 0 aliphatic heterocycles. The fourth-order valence-corrected chi connectivity index (χ4v) is 2.56. The van der Waals surface area contributed by atoms with Gasteiger partial charge in [0.05, 0.1) is 0 Å². The molecule has 0 radical (unpaired) electrons. The summed E-state index contributed by atoms with van der Waals surface area (Å²) < 4.78 is 14.6. The lowest BCUT2D eigenvalue weighted by atomic mass is 10.2. The van der Waals surface area contributed by atoms with E-state index >= 15 is 0 Å². The summed E-state index contributed by atoms with van der Waals surface area (Å²) >= 11 is 16.2. The first kappa shape index (κ1) is 15.8. The molecular formula is C9H9Cl3NO4P. The first-order valence-electron chi connectivity index (χ1n) is 4.58. The van der Waals surface area contributed by atoms with E-state index in [4.69, 9.17) is 40.0 Å². The van der Waals surface area contributed by atoms with Crippen LogP contribution in [0.3, 0.4) is 0 Å². The summed E-state index contributed by atoms with van der Waals surface area (Å²) in [5.74, 6) is 0. The van der Waals surface area contributed by atoms with Gasteiger partial charge in [0.1, 0.15) is 6.61 Å². The van der Waals surface area contributed by atoms with E-state index in [1.807, 2.05) is 0 Å². The Morgan fingerprint density at radius 1 is 1.33 bits per heavy atom. The van der Waals surface area contributed by atoms with Crippen LogP contribution in [0.15, 0.2) is 35.5 Å². The third-order valence-electron chi connectivity index (χ3n) is 1.80. The van der Waals surface area contributed by atoms with Crippen molar-refractivity contribution < 1.29 is 19.2 Å². The fraction of sp³-hybridized carbons (Fsp3) is 0.222. The maximum atomic E-state index is 11.9. The van der Waals surface area contributed by atoms with Crippen LogP contribution in [0, 0.1) is 0 Å². The zero-order valence-corrected chi connectivity index (χ0v) is 12.0. The number of nitrogens with zero attached hydrogens (tertiary/aromatic N) is 1. The molecule has 1 rings (SSSR count). The second-order valence-electron chi connectivity index (χ2n) is 3.20. The molecule has 100 valence electrons. The minimum absolute atomic E-state index is 0.232. The van der Waals surface area contributed by atoms with Gasteiger partial charge in [0.25, 0.3) is 0 Å². The zero-order chi connectivity index (χ0) is 13.8. The Kier molecular flexibility index (Phi) is 5.46. The van der Waals surface area contributed by atoms with Crippen molar-refractivity contribution in [1.82, 2.24) is 0 Å². The molecule has 0 heterocycles. The van der Waals surface area contributed by atoms with Crippen LogP contribution in [-0.2, 0) is 9.09 Å². The Balaban J connectivity index is 2.93. The quantitative estimate of drug-likeness (QED) is 0.291. The van der Waals surface area contributed by atoms with E-state index in [0.29, 0.717) is 0 Å². The van der Waals surface area contributed by atoms with Crippen molar-refractivity contribution in [3.05, 3.63) is 35.9 Å². The van der Waals surface area contributed by atoms with Crippen molar-refractivity contribution in [2.24, 2.45) is 5.16 Å². The molecule has 0 bridgehead atoms.